The molecule has 144 valence electrons. The summed E-state index contributed by atoms with van der Waals surface area (Å²) in [4.78, 5) is 16.2. The normalized spacial score (nSPS) is 11.1. The van der Waals surface area contributed by atoms with Gasteiger partial charge < -0.3 is 9.47 Å². The lowest BCUT2D eigenvalue weighted by molar-refractivity contribution is 0.0600. The lowest BCUT2D eigenvalue weighted by Crippen LogP contribution is -2.02. The van der Waals surface area contributed by atoms with Crippen LogP contribution in [0.3, 0.4) is 0 Å². The number of hydrogen-bond donors (Lipinski definition) is 0. The average molecular weight is 401 g/mol. The summed E-state index contributed by atoms with van der Waals surface area (Å²) >= 11 is 1.66. The molecule has 1 heterocycles. The Morgan fingerprint density at radius 1 is 0.966 bits per heavy atom. The Morgan fingerprint density at radius 3 is 2.52 bits per heavy atom. The second kappa shape index (κ2) is 8.71. The van der Waals surface area contributed by atoms with Crippen LogP contribution in [0.25, 0.3) is 22.4 Å². The van der Waals surface area contributed by atoms with E-state index in [0.29, 0.717) is 12.2 Å². The maximum Gasteiger partial charge on any atom is 0.337 e. The zero-order valence-electron chi connectivity index (χ0n) is 15.9. The first-order valence-electron chi connectivity index (χ1n) is 9.16. The molecule has 0 N–H and O–H groups in total. The van der Waals surface area contributed by atoms with Crippen molar-refractivity contribution in [1.29, 1.82) is 0 Å². The van der Waals surface area contributed by atoms with Crippen molar-refractivity contribution in [3.63, 3.8) is 0 Å². The van der Waals surface area contributed by atoms with Gasteiger partial charge in [-0.05, 0) is 48.0 Å². The van der Waals surface area contributed by atoms with Gasteiger partial charge in [0.25, 0.3) is 0 Å². The second-order valence-corrected chi connectivity index (χ2v) is 7.43. The molecule has 5 heteroatoms. The second-order valence-electron chi connectivity index (χ2n) is 6.37. The molecule has 0 aliphatic rings. The van der Waals surface area contributed by atoms with Crippen LogP contribution >= 0.6 is 11.3 Å². The van der Waals surface area contributed by atoms with Crippen LogP contribution in [0.2, 0.25) is 0 Å². The first-order chi connectivity index (χ1) is 14.2. The largest absolute Gasteiger partial charge is 0.488 e. The van der Waals surface area contributed by atoms with Crippen LogP contribution < -0.4 is 4.74 Å². The lowest BCUT2D eigenvalue weighted by Gasteiger charge is -2.09. The summed E-state index contributed by atoms with van der Waals surface area (Å²) in [6, 6.07) is 23.2. The van der Waals surface area contributed by atoms with Crippen molar-refractivity contribution in [3.8, 4) is 5.75 Å². The number of aromatic nitrogens is 1. The van der Waals surface area contributed by atoms with Gasteiger partial charge in [-0.2, -0.15) is 0 Å². The molecular formula is C24H19NO3S. The zero-order chi connectivity index (χ0) is 20.1. The van der Waals surface area contributed by atoms with Gasteiger partial charge in [0.2, 0.25) is 0 Å². The summed E-state index contributed by atoms with van der Waals surface area (Å²) < 4.78 is 11.9. The molecule has 1 aromatic heterocycles. The molecule has 0 aliphatic heterocycles. The summed E-state index contributed by atoms with van der Waals surface area (Å²) in [6.07, 6.45) is 4.03. The fraction of sp³-hybridized carbons (Fsp3) is 0.0833. The minimum atomic E-state index is -0.345. The van der Waals surface area contributed by atoms with Gasteiger partial charge in [0, 0.05) is 5.56 Å². The number of esters is 1. The SMILES string of the molecule is COC(=O)c1ccc(COc2ccccc2/C=C/c2nc3ccccc3s2)cc1. The van der Waals surface area contributed by atoms with Gasteiger partial charge in [0.1, 0.15) is 17.4 Å². The highest BCUT2D eigenvalue weighted by Crippen LogP contribution is 2.25. The smallest absolute Gasteiger partial charge is 0.337 e. The molecule has 0 radical (unpaired) electrons. The summed E-state index contributed by atoms with van der Waals surface area (Å²) in [5, 5.41) is 0.958. The van der Waals surface area contributed by atoms with E-state index in [1.807, 2.05) is 66.7 Å². The first-order valence-corrected chi connectivity index (χ1v) is 9.97. The third-order valence-corrected chi connectivity index (χ3v) is 5.41. The number of rotatable bonds is 6. The molecule has 4 aromatic rings. The summed E-state index contributed by atoms with van der Waals surface area (Å²) in [7, 11) is 1.37. The fourth-order valence-electron chi connectivity index (χ4n) is 2.89. The Morgan fingerprint density at radius 2 is 1.72 bits per heavy atom. The predicted octanol–water partition coefficient (Wildman–Crippen LogP) is 5.83. The molecule has 0 amide bonds. The van der Waals surface area contributed by atoms with E-state index in [-0.39, 0.29) is 5.97 Å². The Bertz CT molecular complexity index is 1130. The van der Waals surface area contributed by atoms with Crippen molar-refractivity contribution in [2.45, 2.75) is 6.61 Å². The number of para-hydroxylation sites is 2. The molecule has 3 aromatic carbocycles. The predicted molar refractivity (Wildman–Crippen MR) is 117 cm³/mol. The van der Waals surface area contributed by atoms with Gasteiger partial charge in [-0.3, -0.25) is 0 Å². The molecule has 4 rings (SSSR count). The van der Waals surface area contributed by atoms with Crippen molar-refractivity contribution >= 4 is 39.7 Å². The highest BCUT2D eigenvalue weighted by atomic mass is 32.1. The topological polar surface area (TPSA) is 48.4 Å². The van der Waals surface area contributed by atoms with Crippen LogP contribution in [-0.2, 0) is 11.3 Å². The highest BCUT2D eigenvalue weighted by molar-refractivity contribution is 7.19. The number of ether oxygens (including phenoxy) is 2. The van der Waals surface area contributed by atoms with Gasteiger partial charge in [0.05, 0.1) is 22.9 Å². The number of methoxy groups -OCH3 is 1. The van der Waals surface area contributed by atoms with E-state index < -0.39 is 0 Å². The standard InChI is InChI=1S/C24H19NO3S/c1-27-24(26)19-12-10-17(11-13-19)16-28-21-8-4-2-6-18(21)14-15-23-25-20-7-3-5-9-22(20)29-23/h2-15H,16H2,1H3/b15-14+. The molecule has 0 saturated carbocycles. The van der Waals surface area contributed by atoms with Crippen molar-refractivity contribution < 1.29 is 14.3 Å². The molecule has 0 spiro atoms. The van der Waals surface area contributed by atoms with E-state index >= 15 is 0 Å². The third kappa shape index (κ3) is 4.52. The van der Waals surface area contributed by atoms with Crippen LogP contribution in [0.5, 0.6) is 5.75 Å². The van der Waals surface area contributed by atoms with Crippen molar-refractivity contribution in [1.82, 2.24) is 4.98 Å². The van der Waals surface area contributed by atoms with E-state index in [4.69, 9.17) is 9.47 Å². The molecule has 0 unspecified atom stereocenters. The number of carbonyl (C=O) groups is 1. The lowest BCUT2D eigenvalue weighted by atomic mass is 10.1. The van der Waals surface area contributed by atoms with Crippen LogP contribution in [0, 0.1) is 0 Å². The van der Waals surface area contributed by atoms with Crippen molar-refractivity contribution in [3.05, 3.63) is 94.5 Å². The van der Waals surface area contributed by atoms with Crippen LogP contribution in [0.1, 0.15) is 26.5 Å². The zero-order valence-corrected chi connectivity index (χ0v) is 16.7. The monoisotopic (exact) mass is 401 g/mol. The van der Waals surface area contributed by atoms with Gasteiger partial charge >= 0.3 is 5.97 Å². The number of benzene rings is 3. The van der Waals surface area contributed by atoms with E-state index in [2.05, 4.69) is 11.1 Å². The van der Waals surface area contributed by atoms with E-state index in [1.54, 1.807) is 23.5 Å². The average Bonchev–Trinajstić information content (AvgIpc) is 3.19. The maximum absolute atomic E-state index is 11.5. The molecule has 0 fully saturated rings. The number of thiazole rings is 1. The Labute approximate surface area is 173 Å². The van der Waals surface area contributed by atoms with Gasteiger partial charge in [-0.1, -0.05) is 42.5 Å². The molecule has 0 saturated heterocycles. The molecule has 4 nitrogen and oxygen atoms in total. The van der Waals surface area contributed by atoms with Gasteiger partial charge in [-0.15, -0.1) is 11.3 Å². The molecule has 29 heavy (non-hydrogen) atoms. The number of fused-ring (bicyclic) bond motifs is 1. The maximum atomic E-state index is 11.5. The summed E-state index contributed by atoms with van der Waals surface area (Å²) in [5.74, 6) is 0.449. The number of carbonyl (C=O) groups excluding carboxylic acids is 1. The van der Waals surface area contributed by atoms with Crippen molar-refractivity contribution in [2.24, 2.45) is 0 Å². The first kappa shape index (κ1) is 18.9. The Balaban J connectivity index is 1.47. The van der Waals surface area contributed by atoms with Crippen LogP contribution in [-0.4, -0.2) is 18.1 Å². The quantitative estimate of drug-likeness (QED) is 0.381. The highest BCUT2D eigenvalue weighted by Gasteiger charge is 2.06. The molecular weight excluding hydrogens is 382 g/mol. The minimum absolute atomic E-state index is 0.345. The van der Waals surface area contributed by atoms with Gasteiger partial charge in [0.15, 0.2) is 0 Å². The number of nitrogens with zero attached hydrogens (tertiary/aromatic N) is 1. The Hall–Kier alpha value is -3.44. The van der Waals surface area contributed by atoms with E-state index in [1.165, 1.54) is 11.8 Å². The third-order valence-electron chi connectivity index (χ3n) is 4.40. The van der Waals surface area contributed by atoms with E-state index in [0.717, 1.165) is 27.4 Å². The van der Waals surface area contributed by atoms with Crippen molar-refractivity contribution in [2.75, 3.05) is 7.11 Å². The summed E-state index contributed by atoms with van der Waals surface area (Å²) in [6.45, 7) is 0.410. The Kier molecular flexibility index (Phi) is 5.68. The van der Waals surface area contributed by atoms with E-state index in [9.17, 15) is 4.79 Å². The number of hydrogen-bond acceptors (Lipinski definition) is 5. The van der Waals surface area contributed by atoms with Crippen LogP contribution in [0.15, 0.2) is 72.8 Å². The van der Waals surface area contributed by atoms with Gasteiger partial charge in [-0.25, -0.2) is 9.78 Å². The summed E-state index contributed by atoms with van der Waals surface area (Å²) in [5.41, 5.74) is 3.49. The fourth-order valence-corrected chi connectivity index (χ4v) is 3.76. The van der Waals surface area contributed by atoms with Crippen LogP contribution in [0.4, 0.5) is 0 Å². The molecule has 0 atom stereocenters. The molecule has 0 aliphatic carbocycles. The minimum Gasteiger partial charge on any atom is -0.488 e. The molecule has 0 bridgehead atoms.